The predicted octanol–water partition coefficient (Wildman–Crippen LogP) is 4.39. The average molecular weight is 536 g/mol. The molecule has 0 spiro atoms. The first-order valence-corrected chi connectivity index (χ1v) is 12.1. The fourth-order valence-corrected chi connectivity index (χ4v) is 4.22. The summed E-state index contributed by atoms with van der Waals surface area (Å²) < 4.78 is 0. The summed E-state index contributed by atoms with van der Waals surface area (Å²) in [5.41, 5.74) is 3.70. The van der Waals surface area contributed by atoms with Gasteiger partial charge in [-0.15, -0.1) is 0 Å². The lowest BCUT2D eigenvalue weighted by Gasteiger charge is -2.19. The highest BCUT2D eigenvalue weighted by atomic mass is 35.5. The number of benzene rings is 3. The van der Waals surface area contributed by atoms with Gasteiger partial charge in [0.25, 0.3) is 0 Å². The number of hydrogen-bond acceptors (Lipinski definition) is 5. The van der Waals surface area contributed by atoms with Gasteiger partial charge in [-0.1, -0.05) is 41.9 Å². The first-order chi connectivity index (χ1) is 18.2. The first-order valence-electron chi connectivity index (χ1n) is 11.8. The van der Waals surface area contributed by atoms with Crippen molar-refractivity contribution in [1.82, 2.24) is 4.90 Å². The normalized spacial score (nSPS) is 14.5. The van der Waals surface area contributed by atoms with Crippen LogP contribution in [0, 0.1) is 0 Å². The zero-order valence-electron chi connectivity index (χ0n) is 20.5. The van der Waals surface area contributed by atoms with Crippen molar-refractivity contribution in [2.75, 3.05) is 28.3 Å². The second-order valence-corrected chi connectivity index (χ2v) is 9.25. The van der Waals surface area contributed by atoms with Crippen molar-refractivity contribution in [3.63, 3.8) is 0 Å². The third-order valence-corrected chi connectivity index (χ3v) is 6.21. The predicted molar refractivity (Wildman–Crippen MR) is 145 cm³/mol. The summed E-state index contributed by atoms with van der Waals surface area (Å²) in [5.74, 6) is -1.65. The molecule has 3 aromatic carbocycles. The first kappa shape index (κ1) is 26.5. The van der Waals surface area contributed by atoms with Gasteiger partial charge in [-0.05, 0) is 47.5 Å². The van der Waals surface area contributed by atoms with E-state index in [-0.39, 0.29) is 24.7 Å². The Hall–Kier alpha value is -4.57. The number of fused-ring (bicyclic) bond motifs is 1. The van der Waals surface area contributed by atoms with Crippen LogP contribution in [0.3, 0.4) is 0 Å². The number of nitrogens with zero attached hydrogens (tertiary/aromatic N) is 1. The summed E-state index contributed by atoms with van der Waals surface area (Å²) >= 11 is 6.06. The number of anilines is 4. The van der Waals surface area contributed by atoms with E-state index < -0.39 is 18.0 Å². The van der Waals surface area contributed by atoms with Crippen molar-refractivity contribution in [2.45, 2.75) is 25.4 Å². The van der Waals surface area contributed by atoms with Crippen molar-refractivity contribution >= 4 is 58.2 Å². The molecule has 10 nitrogen and oxygen atoms in total. The van der Waals surface area contributed by atoms with E-state index in [1.807, 2.05) is 0 Å². The molecule has 0 saturated carbocycles. The number of nitrogens with one attached hydrogen (secondary N) is 4. The Kier molecular flexibility index (Phi) is 8.12. The Labute approximate surface area is 224 Å². The SMILES string of the molecule is CN1Cc2ccc(NC(=O)Cc3ccc(NC(=O)Nc4ccccc4Cl)cc3)cc2NC(CC(=O)O)C1=O. The van der Waals surface area contributed by atoms with E-state index in [1.54, 1.807) is 73.8 Å². The van der Waals surface area contributed by atoms with Crippen LogP contribution in [0.4, 0.5) is 27.5 Å². The number of para-hydroxylation sites is 1. The molecular weight excluding hydrogens is 510 g/mol. The maximum Gasteiger partial charge on any atom is 0.323 e. The Morgan fingerprint density at radius 3 is 2.42 bits per heavy atom. The topological polar surface area (TPSA) is 140 Å². The molecule has 1 atom stereocenters. The number of halogens is 1. The van der Waals surface area contributed by atoms with Crippen LogP contribution < -0.4 is 21.3 Å². The molecule has 0 aromatic heterocycles. The molecule has 11 heteroatoms. The summed E-state index contributed by atoms with van der Waals surface area (Å²) in [4.78, 5) is 50.1. The van der Waals surface area contributed by atoms with Crippen LogP contribution in [-0.4, -0.2) is 46.9 Å². The fourth-order valence-electron chi connectivity index (χ4n) is 4.03. The molecule has 4 rings (SSSR count). The molecule has 0 radical (unpaired) electrons. The van der Waals surface area contributed by atoms with Gasteiger partial charge < -0.3 is 31.3 Å². The van der Waals surface area contributed by atoms with Gasteiger partial charge >= 0.3 is 12.0 Å². The number of likely N-dealkylation sites (N-methyl/N-ethyl adjacent to an activating group) is 1. The van der Waals surface area contributed by atoms with E-state index in [1.165, 1.54) is 4.90 Å². The molecule has 5 N–H and O–H groups in total. The maximum absolute atomic E-state index is 12.7. The lowest BCUT2D eigenvalue weighted by molar-refractivity contribution is -0.141. The van der Waals surface area contributed by atoms with Gasteiger partial charge in [0.1, 0.15) is 6.04 Å². The molecule has 3 aromatic rings. The Morgan fingerprint density at radius 1 is 1.00 bits per heavy atom. The minimum Gasteiger partial charge on any atom is -0.481 e. The van der Waals surface area contributed by atoms with Crippen LogP contribution >= 0.6 is 11.6 Å². The third-order valence-electron chi connectivity index (χ3n) is 5.88. The number of carbonyl (C=O) groups is 4. The molecule has 1 heterocycles. The Morgan fingerprint density at radius 2 is 1.71 bits per heavy atom. The zero-order chi connectivity index (χ0) is 27.2. The molecule has 4 amide bonds. The van der Waals surface area contributed by atoms with Gasteiger partial charge in [-0.25, -0.2) is 4.79 Å². The van der Waals surface area contributed by atoms with Gasteiger partial charge in [0.15, 0.2) is 0 Å². The number of rotatable bonds is 7. The highest BCUT2D eigenvalue weighted by molar-refractivity contribution is 6.33. The van der Waals surface area contributed by atoms with E-state index in [0.717, 1.165) is 11.1 Å². The number of carbonyl (C=O) groups excluding carboxylic acids is 3. The van der Waals surface area contributed by atoms with Crippen LogP contribution in [0.5, 0.6) is 0 Å². The van der Waals surface area contributed by atoms with E-state index in [0.29, 0.717) is 34.3 Å². The number of amides is 4. The summed E-state index contributed by atoms with van der Waals surface area (Å²) in [6.45, 7) is 0.322. The molecule has 1 unspecified atom stereocenters. The number of aliphatic carboxylic acids is 1. The molecular formula is C27H26ClN5O5. The van der Waals surface area contributed by atoms with E-state index in [2.05, 4.69) is 21.3 Å². The lowest BCUT2D eigenvalue weighted by Crippen LogP contribution is -2.39. The average Bonchev–Trinajstić information content (AvgIpc) is 2.97. The number of carboxylic acid groups (broad SMARTS) is 1. The van der Waals surface area contributed by atoms with Crippen LogP contribution in [0.25, 0.3) is 0 Å². The fraction of sp³-hybridized carbons (Fsp3) is 0.185. The van der Waals surface area contributed by atoms with Crippen molar-refractivity contribution in [2.24, 2.45) is 0 Å². The molecule has 0 aliphatic carbocycles. The number of urea groups is 1. The summed E-state index contributed by atoms with van der Waals surface area (Å²) in [6.07, 6.45) is -0.259. The molecule has 196 valence electrons. The van der Waals surface area contributed by atoms with Gasteiger partial charge in [0.2, 0.25) is 11.8 Å². The highest BCUT2D eigenvalue weighted by Gasteiger charge is 2.29. The summed E-state index contributed by atoms with van der Waals surface area (Å²) in [6, 6.07) is 17.6. The maximum atomic E-state index is 12.7. The minimum absolute atomic E-state index is 0.0967. The van der Waals surface area contributed by atoms with Gasteiger partial charge in [0.05, 0.1) is 23.6 Å². The molecule has 38 heavy (non-hydrogen) atoms. The monoisotopic (exact) mass is 535 g/mol. The van der Waals surface area contributed by atoms with Crippen LogP contribution in [0.1, 0.15) is 17.5 Å². The van der Waals surface area contributed by atoms with Gasteiger partial charge in [0, 0.05) is 30.7 Å². The second-order valence-electron chi connectivity index (χ2n) is 8.84. The van der Waals surface area contributed by atoms with Crippen molar-refractivity contribution in [1.29, 1.82) is 0 Å². The van der Waals surface area contributed by atoms with Crippen LogP contribution in [0.2, 0.25) is 5.02 Å². The molecule has 1 aliphatic rings. The quantitative estimate of drug-likeness (QED) is 0.304. The van der Waals surface area contributed by atoms with Crippen LogP contribution in [-0.2, 0) is 27.3 Å². The Bertz CT molecular complexity index is 1380. The number of hydrogen-bond donors (Lipinski definition) is 5. The molecule has 0 fully saturated rings. The lowest BCUT2D eigenvalue weighted by atomic mass is 10.1. The second kappa shape index (κ2) is 11.7. The molecule has 1 aliphatic heterocycles. The summed E-state index contributed by atoms with van der Waals surface area (Å²) in [7, 11) is 1.62. The summed E-state index contributed by atoms with van der Waals surface area (Å²) in [5, 5.41) is 20.8. The van der Waals surface area contributed by atoms with Gasteiger partial charge in [-0.2, -0.15) is 0 Å². The highest BCUT2D eigenvalue weighted by Crippen LogP contribution is 2.27. The minimum atomic E-state index is -1.08. The number of carboxylic acids is 1. The Balaban J connectivity index is 1.35. The third kappa shape index (κ3) is 6.80. The van der Waals surface area contributed by atoms with Crippen LogP contribution in [0.15, 0.2) is 66.7 Å². The smallest absolute Gasteiger partial charge is 0.323 e. The van der Waals surface area contributed by atoms with Crippen molar-refractivity contribution in [3.05, 3.63) is 82.9 Å². The van der Waals surface area contributed by atoms with E-state index >= 15 is 0 Å². The van der Waals surface area contributed by atoms with Crippen molar-refractivity contribution < 1.29 is 24.3 Å². The zero-order valence-corrected chi connectivity index (χ0v) is 21.2. The molecule has 0 saturated heterocycles. The molecule has 0 bridgehead atoms. The standard InChI is InChI=1S/C27H26ClN5O5/c1-33-15-17-8-11-19(13-22(17)31-23(26(33)37)14-25(35)36)29-24(34)12-16-6-9-18(10-7-16)30-27(38)32-21-5-3-2-4-20(21)28/h2-11,13,23,31H,12,14-15H2,1H3,(H,29,34)(H,35,36)(H2,30,32,38). The largest absolute Gasteiger partial charge is 0.481 e. The van der Waals surface area contributed by atoms with E-state index in [4.69, 9.17) is 16.7 Å². The van der Waals surface area contributed by atoms with Crippen molar-refractivity contribution in [3.8, 4) is 0 Å². The van der Waals surface area contributed by atoms with Gasteiger partial charge in [-0.3, -0.25) is 14.4 Å². The van der Waals surface area contributed by atoms with E-state index in [9.17, 15) is 19.2 Å².